The number of nitrogens with zero attached hydrogens (tertiary/aromatic N) is 1. The van der Waals surface area contributed by atoms with Crippen LogP contribution in [0.2, 0.25) is 0 Å². The van der Waals surface area contributed by atoms with Crippen LogP contribution in [0.3, 0.4) is 0 Å². The molecular formula is C14H22N2O2S2. The average Bonchev–Trinajstić information content (AvgIpc) is 2.46. The van der Waals surface area contributed by atoms with Crippen LogP contribution in [0, 0.1) is 0 Å². The first-order valence-electron chi connectivity index (χ1n) is 6.91. The Hall–Kier alpha value is -0.560. The highest BCUT2D eigenvalue weighted by atomic mass is 32.2. The third-order valence-electron chi connectivity index (χ3n) is 3.26. The monoisotopic (exact) mass is 314 g/mol. The molecule has 1 aromatic rings. The molecule has 0 saturated carbocycles. The fourth-order valence-corrected chi connectivity index (χ4v) is 4.94. The molecule has 0 aromatic heterocycles. The number of thioether (sulfide) groups is 1. The summed E-state index contributed by atoms with van der Waals surface area (Å²) in [5.74, 6) is 1.76. The lowest BCUT2D eigenvalue weighted by Crippen LogP contribution is -2.38. The molecule has 20 heavy (non-hydrogen) atoms. The molecule has 0 atom stereocenters. The first-order chi connectivity index (χ1) is 9.51. The zero-order valence-corrected chi connectivity index (χ0v) is 13.6. The maximum Gasteiger partial charge on any atom is 0.243 e. The zero-order valence-electron chi connectivity index (χ0n) is 12.0. The van der Waals surface area contributed by atoms with Crippen LogP contribution in [-0.2, 0) is 16.6 Å². The minimum atomic E-state index is -3.36. The van der Waals surface area contributed by atoms with Gasteiger partial charge in [-0.1, -0.05) is 32.0 Å². The molecule has 0 bridgehead atoms. The lowest BCUT2D eigenvalue weighted by molar-refractivity contribution is 0.442. The number of hydrogen-bond acceptors (Lipinski definition) is 4. The summed E-state index contributed by atoms with van der Waals surface area (Å²) in [6.45, 7) is 5.91. The van der Waals surface area contributed by atoms with Gasteiger partial charge in [-0.2, -0.15) is 16.1 Å². The number of nitrogens with one attached hydrogen (secondary N) is 1. The van der Waals surface area contributed by atoms with Gasteiger partial charge in [0.05, 0.1) is 4.90 Å². The maximum absolute atomic E-state index is 12.7. The number of rotatable bonds is 5. The van der Waals surface area contributed by atoms with Crippen LogP contribution < -0.4 is 5.32 Å². The van der Waals surface area contributed by atoms with Crippen LogP contribution in [0.4, 0.5) is 0 Å². The van der Waals surface area contributed by atoms with Gasteiger partial charge in [-0.25, -0.2) is 8.42 Å². The van der Waals surface area contributed by atoms with Gasteiger partial charge in [0.25, 0.3) is 0 Å². The molecular weight excluding hydrogens is 292 g/mol. The Morgan fingerprint density at radius 3 is 2.55 bits per heavy atom. The Morgan fingerprint density at radius 2 is 1.90 bits per heavy atom. The molecule has 0 radical (unpaired) electrons. The molecule has 112 valence electrons. The second-order valence-electron chi connectivity index (χ2n) is 5.16. The van der Waals surface area contributed by atoms with Crippen molar-refractivity contribution in [1.29, 1.82) is 0 Å². The highest BCUT2D eigenvalue weighted by Crippen LogP contribution is 2.23. The second kappa shape index (κ2) is 6.93. The predicted molar refractivity (Wildman–Crippen MR) is 84.5 cm³/mol. The lowest BCUT2D eigenvalue weighted by atomic mass is 10.2. The summed E-state index contributed by atoms with van der Waals surface area (Å²) in [5, 5.41) is 3.29. The predicted octanol–water partition coefficient (Wildman–Crippen LogP) is 1.92. The highest BCUT2D eigenvalue weighted by molar-refractivity contribution is 7.99. The van der Waals surface area contributed by atoms with Crippen LogP contribution in [0.5, 0.6) is 0 Å². The summed E-state index contributed by atoms with van der Waals surface area (Å²) in [7, 11) is -3.36. The maximum atomic E-state index is 12.7. The van der Waals surface area contributed by atoms with E-state index < -0.39 is 10.0 Å². The molecule has 1 aromatic carbocycles. The quantitative estimate of drug-likeness (QED) is 0.902. The van der Waals surface area contributed by atoms with Crippen LogP contribution in [-0.4, -0.2) is 43.4 Å². The first-order valence-corrected chi connectivity index (χ1v) is 9.50. The van der Waals surface area contributed by atoms with E-state index in [-0.39, 0.29) is 0 Å². The van der Waals surface area contributed by atoms with E-state index in [9.17, 15) is 8.42 Å². The van der Waals surface area contributed by atoms with E-state index in [1.54, 1.807) is 16.4 Å². The molecule has 6 heteroatoms. The number of hydrogen-bond donors (Lipinski definition) is 1. The van der Waals surface area contributed by atoms with Crippen molar-refractivity contribution >= 4 is 21.8 Å². The second-order valence-corrected chi connectivity index (χ2v) is 8.29. The van der Waals surface area contributed by atoms with E-state index in [1.165, 1.54) is 0 Å². The summed E-state index contributed by atoms with van der Waals surface area (Å²) in [5.41, 5.74) is 0.847. The summed E-state index contributed by atoms with van der Waals surface area (Å²) in [6, 6.07) is 7.62. The van der Waals surface area contributed by atoms with Crippen molar-refractivity contribution in [3.63, 3.8) is 0 Å². The fraction of sp³-hybridized carbons (Fsp3) is 0.571. The molecule has 1 N–H and O–H groups in total. The van der Waals surface area contributed by atoms with Crippen LogP contribution >= 0.6 is 11.8 Å². The molecule has 0 spiro atoms. The Balaban J connectivity index is 2.26. The minimum absolute atomic E-state index is 0.331. The van der Waals surface area contributed by atoms with Crippen molar-refractivity contribution in [2.24, 2.45) is 0 Å². The smallest absolute Gasteiger partial charge is 0.243 e. The summed E-state index contributed by atoms with van der Waals surface area (Å²) < 4.78 is 27.1. The summed E-state index contributed by atoms with van der Waals surface area (Å²) in [4.78, 5) is 0.444. The molecule has 1 heterocycles. The van der Waals surface area contributed by atoms with Gasteiger partial charge in [0, 0.05) is 37.2 Å². The first kappa shape index (κ1) is 15.8. The minimum Gasteiger partial charge on any atom is -0.310 e. The number of benzene rings is 1. The molecule has 2 rings (SSSR count). The standard InChI is InChI=1S/C14H22N2O2S2/c1-12(2)15-11-13-5-3-4-6-14(13)20(17,18)16-7-9-19-10-8-16/h3-6,12,15H,7-11H2,1-2H3. The van der Waals surface area contributed by atoms with E-state index in [1.807, 2.05) is 23.9 Å². The molecule has 1 aliphatic heterocycles. The van der Waals surface area contributed by atoms with Crippen molar-refractivity contribution in [3.8, 4) is 0 Å². The molecule has 1 aliphatic rings. The van der Waals surface area contributed by atoms with Gasteiger partial charge in [0.2, 0.25) is 10.0 Å². The molecule has 0 unspecified atom stereocenters. The van der Waals surface area contributed by atoms with Gasteiger partial charge in [-0.15, -0.1) is 0 Å². The van der Waals surface area contributed by atoms with Crippen molar-refractivity contribution in [2.75, 3.05) is 24.6 Å². The van der Waals surface area contributed by atoms with Gasteiger partial charge >= 0.3 is 0 Å². The third-order valence-corrected chi connectivity index (χ3v) is 6.20. The van der Waals surface area contributed by atoms with Crippen molar-refractivity contribution < 1.29 is 8.42 Å². The Labute approximate surface area is 126 Å². The summed E-state index contributed by atoms with van der Waals surface area (Å²) in [6.07, 6.45) is 0. The van der Waals surface area contributed by atoms with Crippen LogP contribution in [0.25, 0.3) is 0 Å². The van der Waals surface area contributed by atoms with E-state index in [0.717, 1.165) is 17.1 Å². The van der Waals surface area contributed by atoms with E-state index in [0.29, 0.717) is 30.6 Å². The fourth-order valence-electron chi connectivity index (χ4n) is 2.14. The van der Waals surface area contributed by atoms with Gasteiger partial charge in [-0.05, 0) is 11.6 Å². The summed E-state index contributed by atoms with van der Waals surface area (Å²) >= 11 is 1.81. The Bertz CT molecular complexity index is 538. The Kier molecular flexibility index (Phi) is 5.49. The lowest BCUT2D eigenvalue weighted by Gasteiger charge is -2.26. The van der Waals surface area contributed by atoms with E-state index in [4.69, 9.17) is 0 Å². The normalized spacial score (nSPS) is 17.6. The molecule has 0 aliphatic carbocycles. The average molecular weight is 314 g/mol. The SMILES string of the molecule is CC(C)NCc1ccccc1S(=O)(=O)N1CCSCC1. The molecule has 4 nitrogen and oxygen atoms in total. The third kappa shape index (κ3) is 3.75. The van der Waals surface area contributed by atoms with Crippen molar-refractivity contribution in [3.05, 3.63) is 29.8 Å². The number of sulfonamides is 1. The van der Waals surface area contributed by atoms with Gasteiger partial charge in [0.1, 0.15) is 0 Å². The van der Waals surface area contributed by atoms with Crippen molar-refractivity contribution in [2.45, 2.75) is 31.3 Å². The van der Waals surface area contributed by atoms with Crippen LogP contribution in [0.15, 0.2) is 29.2 Å². The molecule has 1 saturated heterocycles. The molecule has 0 amide bonds. The zero-order chi connectivity index (χ0) is 14.6. The van der Waals surface area contributed by atoms with E-state index in [2.05, 4.69) is 19.2 Å². The van der Waals surface area contributed by atoms with Gasteiger partial charge in [0.15, 0.2) is 0 Å². The topological polar surface area (TPSA) is 49.4 Å². The van der Waals surface area contributed by atoms with E-state index >= 15 is 0 Å². The van der Waals surface area contributed by atoms with Gasteiger partial charge < -0.3 is 5.32 Å². The highest BCUT2D eigenvalue weighted by Gasteiger charge is 2.27. The molecule has 1 fully saturated rings. The largest absolute Gasteiger partial charge is 0.310 e. The Morgan fingerprint density at radius 1 is 1.25 bits per heavy atom. The van der Waals surface area contributed by atoms with Gasteiger partial charge in [-0.3, -0.25) is 0 Å². The van der Waals surface area contributed by atoms with Crippen molar-refractivity contribution in [1.82, 2.24) is 9.62 Å². The van der Waals surface area contributed by atoms with Crippen LogP contribution in [0.1, 0.15) is 19.4 Å².